The molecule has 34 heavy (non-hydrogen) atoms. The molecule has 3 unspecified atom stereocenters. The van der Waals surface area contributed by atoms with E-state index in [-0.39, 0.29) is 42.3 Å². The van der Waals surface area contributed by atoms with Gasteiger partial charge < -0.3 is 14.7 Å². The smallest absolute Gasteiger partial charge is 0.315 e. The number of carbonyl (C=O) groups is 2. The number of rotatable bonds is 3. The van der Waals surface area contributed by atoms with Crippen molar-refractivity contribution in [1.29, 1.82) is 0 Å². The zero-order valence-electron chi connectivity index (χ0n) is 18.3. The van der Waals surface area contributed by atoms with Gasteiger partial charge in [-0.05, 0) is 30.5 Å². The van der Waals surface area contributed by atoms with E-state index in [9.17, 15) is 24.8 Å². The highest BCUT2D eigenvalue weighted by Gasteiger charge is 2.42. The van der Waals surface area contributed by atoms with Crippen LogP contribution in [0.3, 0.4) is 0 Å². The number of pyridine rings is 1. The van der Waals surface area contributed by atoms with Crippen molar-refractivity contribution >= 4 is 34.2 Å². The number of benzene rings is 1. The van der Waals surface area contributed by atoms with Gasteiger partial charge in [0.15, 0.2) is 5.82 Å². The van der Waals surface area contributed by atoms with Gasteiger partial charge in [0.25, 0.3) is 0 Å². The van der Waals surface area contributed by atoms with E-state index in [1.807, 2.05) is 29.2 Å². The molecule has 2 amide bonds. The van der Waals surface area contributed by atoms with Crippen molar-refractivity contribution < 1.29 is 20.0 Å². The molecule has 1 aromatic carbocycles. The van der Waals surface area contributed by atoms with Crippen LogP contribution in [-0.4, -0.2) is 56.3 Å². The highest BCUT2D eigenvalue weighted by Crippen LogP contribution is 2.37. The summed E-state index contributed by atoms with van der Waals surface area (Å²) in [5.74, 6) is -0.0301. The summed E-state index contributed by atoms with van der Waals surface area (Å²) < 4.78 is 1.56. The summed E-state index contributed by atoms with van der Waals surface area (Å²) >= 11 is 0. The lowest BCUT2D eigenvalue weighted by Crippen LogP contribution is -3.00. The minimum absolute atomic E-state index is 0.0320. The minimum atomic E-state index is -1.23. The van der Waals surface area contributed by atoms with Gasteiger partial charge in [0, 0.05) is 55.7 Å². The number of H-pyrrole nitrogens is 1. The minimum Gasteiger partial charge on any atom is -0.595 e. The molecule has 176 valence electrons. The van der Waals surface area contributed by atoms with Crippen molar-refractivity contribution in [2.45, 2.75) is 25.3 Å². The van der Waals surface area contributed by atoms with Gasteiger partial charge >= 0.3 is 5.56 Å². The maximum absolute atomic E-state index is 13.5. The zero-order chi connectivity index (χ0) is 23.6. The number of para-hydroxylation sites is 1. The summed E-state index contributed by atoms with van der Waals surface area (Å²) in [6.07, 6.45) is 0.995. The molecule has 6 rings (SSSR count). The molecule has 0 radical (unpaired) electrons. The molecule has 2 saturated heterocycles. The first kappa shape index (κ1) is 21.0. The number of piperidine rings is 1. The van der Waals surface area contributed by atoms with Crippen molar-refractivity contribution in [2.24, 2.45) is 11.8 Å². The molecule has 11 nitrogen and oxygen atoms in total. The summed E-state index contributed by atoms with van der Waals surface area (Å²) in [4.78, 5) is 42.3. The maximum Gasteiger partial charge on any atom is 0.315 e. The van der Waals surface area contributed by atoms with Crippen molar-refractivity contribution in [3.63, 3.8) is 0 Å². The highest BCUT2D eigenvalue weighted by molar-refractivity contribution is 6.05. The van der Waals surface area contributed by atoms with Crippen molar-refractivity contribution in [2.75, 3.05) is 24.5 Å². The Kier molecular flexibility index (Phi) is 4.80. The van der Waals surface area contributed by atoms with Gasteiger partial charge in [0.1, 0.15) is 0 Å². The molecular formula is C23H24N6O5. The monoisotopic (exact) mass is 464 g/mol. The molecule has 3 aliphatic rings. The van der Waals surface area contributed by atoms with Crippen LogP contribution in [0.15, 0.2) is 41.2 Å². The van der Waals surface area contributed by atoms with Crippen LogP contribution in [0.1, 0.15) is 24.5 Å². The van der Waals surface area contributed by atoms with E-state index in [4.69, 9.17) is 0 Å². The number of quaternary nitrogens is 1. The molecule has 2 aromatic heterocycles. The zero-order valence-corrected chi connectivity index (χ0v) is 18.3. The van der Waals surface area contributed by atoms with E-state index in [2.05, 4.69) is 10.2 Å². The van der Waals surface area contributed by atoms with E-state index in [0.717, 1.165) is 23.0 Å². The van der Waals surface area contributed by atoms with Crippen LogP contribution in [-0.2, 0) is 16.1 Å². The summed E-state index contributed by atoms with van der Waals surface area (Å²) in [5.41, 5.74) is 0.898. The third-order valence-corrected chi connectivity index (χ3v) is 7.33. The second kappa shape index (κ2) is 7.76. The van der Waals surface area contributed by atoms with Gasteiger partial charge in [0.2, 0.25) is 17.5 Å². The standard InChI is InChI=1S/C23H24N6O5/c30-20-8-15(12-28(20)21-16-3-1-2-4-17(16)24-25-21)22(31)26-9-13-7-14(11-26)18-5-6-19(29(33)34)23(32)27(18)10-13/h1-6,13-15,29,33H,7-12H2,(H,24,25)/t13-,14?,15?/m0/s1. The number of anilines is 1. The van der Waals surface area contributed by atoms with Gasteiger partial charge in [-0.15, -0.1) is 0 Å². The summed E-state index contributed by atoms with van der Waals surface area (Å²) in [5, 5.41) is 27.5. The molecule has 11 heteroatoms. The Balaban J connectivity index is 1.22. The fraction of sp³-hybridized carbons (Fsp3) is 0.391. The number of nitrogens with zero attached hydrogens (tertiary/aromatic N) is 4. The summed E-state index contributed by atoms with van der Waals surface area (Å²) in [6, 6.07) is 10.6. The third kappa shape index (κ3) is 3.23. The highest BCUT2D eigenvalue weighted by atomic mass is 16.8. The van der Waals surface area contributed by atoms with E-state index in [1.165, 1.54) is 6.07 Å². The number of amides is 2. The van der Waals surface area contributed by atoms with Crippen LogP contribution in [0.25, 0.3) is 10.9 Å². The quantitative estimate of drug-likeness (QED) is 0.471. The SMILES string of the molecule is O=C(C1CC(=O)N(c2n[nH]c3ccccc23)C1)N1CC2C[C@@H](C1)Cn1c2ccc([NH+]([O-])O)c1=O. The Morgan fingerprint density at radius 3 is 2.76 bits per heavy atom. The molecule has 2 fully saturated rings. The Hall–Kier alpha value is -3.54. The number of hydrogen-bond donors (Lipinski definition) is 3. The van der Waals surface area contributed by atoms with Crippen molar-refractivity contribution in [3.05, 3.63) is 57.7 Å². The van der Waals surface area contributed by atoms with Gasteiger partial charge in [-0.2, -0.15) is 10.3 Å². The number of hydrogen-bond acceptors (Lipinski definition) is 6. The lowest BCUT2D eigenvalue weighted by molar-refractivity contribution is -0.992. The second-order valence-corrected chi connectivity index (χ2v) is 9.43. The average Bonchev–Trinajstić information content (AvgIpc) is 3.42. The van der Waals surface area contributed by atoms with Crippen LogP contribution in [0.5, 0.6) is 0 Å². The predicted molar refractivity (Wildman–Crippen MR) is 120 cm³/mol. The lowest BCUT2D eigenvalue weighted by atomic mass is 9.82. The van der Waals surface area contributed by atoms with Gasteiger partial charge in [-0.3, -0.25) is 24.4 Å². The first-order valence-corrected chi connectivity index (χ1v) is 11.4. The first-order chi connectivity index (χ1) is 16.4. The van der Waals surface area contributed by atoms with Crippen molar-refractivity contribution in [3.8, 4) is 0 Å². The number of aromatic nitrogens is 3. The Bertz CT molecular complexity index is 1360. The molecular weight excluding hydrogens is 440 g/mol. The second-order valence-electron chi connectivity index (χ2n) is 9.43. The van der Waals surface area contributed by atoms with Crippen LogP contribution >= 0.6 is 0 Å². The average molecular weight is 464 g/mol. The van der Waals surface area contributed by atoms with Gasteiger partial charge in [-0.1, -0.05) is 12.1 Å². The summed E-state index contributed by atoms with van der Waals surface area (Å²) in [7, 11) is 0. The molecule has 0 spiro atoms. The molecule has 2 bridgehead atoms. The first-order valence-electron chi connectivity index (χ1n) is 11.4. The molecule has 5 heterocycles. The number of nitrogens with one attached hydrogen (secondary N) is 2. The molecule has 3 aromatic rings. The van der Waals surface area contributed by atoms with Crippen molar-refractivity contribution in [1.82, 2.24) is 19.7 Å². The van der Waals surface area contributed by atoms with E-state index in [1.54, 1.807) is 15.5 Å². The van der Waals surface area contributed by atoms with Crippen LogP contribution in [0.4, 0.5) is 11.5 Å². The van der Waals surface area contributed by atoms with Crippen LogP contribution in [0, 0.1) is 17.0 Å². The molecule has 3 aliphatic heterocycles. The van der Waals surface area contributed by atoms with E-state index >= 15 is 0 Å². The number of carbonyl (C=O) groups excluding carboxylic acids is 2. The summed E-state index contributed by atoms with van der Waals surface area (Å²) in [6.45, 7) is 1.63. The molecule has 0 aliphatic carbocycles. The van der Waals surface area contributed by atoms with Gasteiger partial charge in [0.05, 0.1) is 11.4 Å². The molecule has 4 atom stereocenters. The van der Waals surface area contributed by atoms with Gasteiger partial charge in [-0.25, -0.2) is 5.21 Å². The van der Waals surface area contributed by atoms with Crippen LogP contribution in [0.2, 0.25) is 0 Å². The molecule has 3 N–H and O–H groups in total. The fourth-order valence-corrected chi connectivity index (χ4v) is 5.78. The largest absolute Gasteiger partial charge is 0.595 e. The Labute approximate surface area is 193 Å². The predicted octanol–water partition coefficient (Wildman–Crippen LogP) is 0.127. The van der Waals surface area contributed by atoms with Crippen LogP contribution < -0.4 is 15.7 Å². The maximum atomic E-state index is 13.5. The van der Waals surface area contributed by atoms with E-state index < -0.39 is 16.7 Å². The normalized spacial score (nSPS) is 25.0. The lowest BCUT2D eigenvalue weighted by Gasteiger charge is -2.43. The Morgan fingerprint density at radius 1 is 1.12 bits per heavy atom. The fourth-order valence-electron chi connectivity index (χ4n) is 5.78. The number of aromatic amines is 1. The number of likely N-dealkylation sites (tertiary alicyclic amines) is 1. The molecule has 0 saturated carbocycles. The Morgan fingerprint density at radius 2 is 1.94 bits per heavy atom. The topological polar surface area (TPSA) is 139 Å². The van der Waals surface area contributed by atoms with E-state index in [0.29, 0.717) is 25.5 Å². The number of fused-ring (bicyclic) bond motifs is 5. The third-order valence-electron chi connectivity index (χ3n) is 7.33.